The van der Waals surface area contributed by atoms with Crippen molar-refractivity contribution < 1.29 is 17.9 Å². The Morgan fingerprint density at radius 1 is 1.19 bits per heavy atom. The third-order valence-electron chi connectivity index (χ3n) is 3.00. The first-order chi connectivity index (χ1) is 9.77. The molecule has 1 aromatic rings. The zero-order valence-electron chi connectivity index (χ0n) is 12.8. The lowest BCUT2D eigenvalue weighted by Gasteiger charge is -2.12. The smallest absolute Gasteiger partial charge is 0.240 e. The summed E-state index contributed by atoms with van der Waals surface area (Å²) >= 11 is 0. The lowest BCUT2D eigenvalue weighted by atomic mass is 10.1. The molecule has 6 nitrogen and oxygen atoms in total. The van der Waals surface area contributed by atoms with Crippen molar-refractivity contribution in [1.82, 2.24) is 10.0 Å². The maximum Gasteiger partial charge on any atom is 0.240 e. The molecule has 0 aliphatic heterocycles. The molecule has 0 bridgehead atoms. The highest BCUT2D eigenvalue weighted by molar-refractivity contribution is 7.89. The fraction of sp³-hybridized carbons (Fsp3) is 0.500. The molecule has 0 fully saturated rings. The zero-order valence-corrected chi connectivity index (χ0v) is 13.6. The van der Waals surface area contributed by atoms with Gasteiger partial charge in [-0.2, -0.15) is 0 Å². The SMILES string of the molecule is COc1cc(C)c(S(=O)(=O)NCCCNC(C)=O)cc1C. The third kappa shape index (κ3) is 5.02. The standard InChI is InChI=1S/C14H22N2O4S/c1-10-9-14(11(2)8-13(10)20-4)21(18,19)16-7-5-6-15-12(3)17/h8-9,16H,5-7H2,1-4H3,(H,15,17). The van der Waals surface area contributed by atoms with E-state index in [-0.39, 0.29) is 17.3 Å². The quantitative estimate of drug-likeness (QED) is 0.739. The molecule has 0 saturated carbocycles. The second kappa shape index (κ2) is 7.42. The van der Waals surface area contributed by atoms with Crippen molar-refractivity contribution in [3.05, 3.63) is 23.3 Å². The summed E-state index contributed by atoms with van der Waals surface area (Å²) in [6.45, 7) is 5.67. The Bertz CT molecular complexity index is 612. The van der Waals surface area contributed by atoms with Gasteiger partial charge in [-0.25, -0.2) is 13.1 Å². The van der Waals surface area contributed by atoms with Crippen LogP contribution in [-0.4, -0.2) is 34.5 Å². The number of carbonyl (C=O) groups excluding carboxylic acids is 1. The number of nitrogens with one attached hydrogen (secondary N) is 2. The number of ether oxygens (including phenoxy) is 1. The Morgan fingerprint density at radius 3 is 2.43 bits per heavy atom. The molecule has 2 N–H and O–H groups in total. The molecular formula is C14H22N2O4S. The van der Waals surface area contributed by atoms with Gasteiger partial charge in [0.1, 0.15) is 5.75 Å². The number of aryl methyl sites for hydroxylation is 2. The molecule has 0 spiro atoms. The van der Waals surface area contributed by atoms with Gasteiger partial charge in [0.2, 0.25) is 15.9 Å². The Kier molecular flexibility index (Phi) is 6.17. The number of carbonyl (C=O) groups is 1. The summed E-state index contributed by atoms with van der Waals surface area (Å²) in [4.78, 5) is 11.0. The average Bonchev–Trinajstić information content (AvgIpc) is 2.39. The topological polar surface area (TPSA) is 84.5 Å². The molecule has 118 valence electrons. The van der Waals surface area contributed by atoms with Gasteiger partial charge in [-0.3, -0.25) is 4.79 Å². The zero-order chi connectivity index (χ0) is 16.0. The van der Waals surface area contributed by atoms with Crippen LogP contribution in [0, 0.1) is 13.8 Å². The first-order valence-corrected chi connectivity index (χ1v) is 8.15. The molecule has 0 unspecified atom stereocenters. The van der Waals surface area contributed by atoms with Crippen LogP contribution in [0.3, 0.4) is 0 Å². The minimum absolute atomic E-state index is 0.125. The molecule has 0 aliphatic carbocycles. The molecular weight excluding hydrogens is 292 g/mol. The molecule has 0 aliphatic rings. The molecule has 0 radical (unpaired) electrons. The van der Waals surface area contributed by atoms with Gasteiger partial charge >= 0.3 is 0 Å². The highest BCUT2D eigenvalue weighted by Crippen LogP contribution is 2.25. The van der Waals surface area contributed by atoms with E-state index in [4.69, 9.17) is 4.74 Å². The predicted octanol–water partition coefficient (Wildman–Crippen LogP) is 1.12. The van der Waals surface area contributed by atoms with Crippen molar-refractivity contribution in [1.29, 1.82) is 0 Å². The van der Waals surface area contributed by atoms with E-state index in [2.05, 4.69) is 10.0 Å². The summed E-state index contributed by atoms with van der Waals surface area (Å²) < 4.78 is 32.2. The van der Waals surface area contributed by atoms with Crippen LogP contribution in [0.4, 0.5) is 0 Å². The molecule has 0 atom stereocenters. The first-order valence-electron chi connectivity index (χ1n) is 6.67. The van der Waals surface area contributed by atoms with Crippen LogP contribution < -0.4 is 14.8 Å². The molecule has 1 aromatic carbocycles. The lowest BCUT2D eigenvalue weighted by molar-refractivity contribution is -0.118. The predicted molar refractivity (Wildman–Crippen MR) is 81.0 cm³/mol. The Labute approximate surface area is 125 Å². The van der Waals surface area contributed by atoms with E-state index in [1.807, 2.05) is 0 Å². The van der Waals surface area contributed by atoms with Crippen molar-refractivity contribution in [3.63, 3.8) is 0 Å². The van der Waals surface area contributed by atoms with Crippen LogP contribution in [-0.2, 0) is 14.8 Å². The van der Waals surface area contributed by atoms with E-state index < -0.39 is 10.0 Å². The Morgan fingerprint density at radius 2 is 1.86 bits per heavy atom. The number of benzene rings is 1. The van der Waals surface area contributed by atoms with E-state index in [1.165, 1.54) is 6.92 Å². The highest BCUT2D eigenvalue weighted by Gasteiger charge is 2.18. The average molecular weight is 314 g/mol. The largest absolute Gasteiger partial charge is 0.496 e. The first kappa shape index (κ1) is 17.5. The minimum Gasteiger partial charge on any atom is -0.496 e. The van der Waals surface area contributed by atoms with Crippen molar-refractivity contribution in [2.24, 2.45) is 0 Å². The third-order valence-corrected chi connectivity index (χ3v) is 4.60. The van der Waals surface area contributed by atoms with Gasteiger partial charge in [0.25, 0.3) is 0 Å². The number of sulfonamides is 1. The van der Waals surface area contributed by atoms with E-state index in [1.54, 1.807) is 33.1 Å². The van der Waals surface area contributed by atoms with E-state index in [0.29, 0.717) is 24.3 Å². The number of hydrogen-bond acceptors (Lipinski definition) is 4. The summed E-state index contributed by atoms with van der Waals surface area (Å²) in [5.74, 6) is 0.539. The number of rotatable bonds is 7. The summed E-state index contributed by atoms with van der Waals surface area (Å²) in [5.41, 5.74) is 1.40. The molecule has 1 rings (SSSR count). The summed E-state index contributed by atoms with van der Waals surface area (Å²) in [5, 5.41) is 2.62. The maximum atomic E-state index is 12.3. The Hall–Kier alpha value is -1.60. The van der Waals surface area contributed by atoms with Crippen LogP contribution in [0.25, 0.3) is 0 Å². The normalized spacial score (nSPS) is 11.2. The summed E-state index contributed by atoms with van der Waals surface area (Å²) in [7, 11) is -2.01. The number of hydrogen-bond donors (Lipinski definition) is 2. The Balaban J connectivity index is 2.75. The van der Waals surface area contributed by atoms with Gasteiger partial charge in [-0.1, -0.05) is 0 Å². The van der Waals surface area contributed by atoms with Crippen LogP contribution in [0.1, 0.15) is 24.5 Å². The second-order valence-electron chi connectivity index (χ2n) is 4.82. The monoisotopic (exact) mass is 314 g/mol. The molecule has 0 aromatic heterocycles. The van der Waals surface area contributed by atoms with Crippen LogP contribution in [0.2, 0.25) is 0 Å². The van der Waals surface area contributed by atoms with Gasteiger partial charge < -0.3 is 10.1 Å². The lowest BCUT2D eigenvalue weighted by Crippen LogP contribution is -2.29. The van der Waals surface area contributed by atoms with Crippen LogP contribution in [0.5, 0.6) is 5.75 Å². The van der Waals surface area contributed by atoms with Gasteiger partial charge in [0.15, 0.2) is 0 Å². The van der Waals surface area contributed by atoms with Crippen molar-refractivity contribution in [2.75, 3.05) is 20.2 Å². The van der Waals surface area contributed by atoms with Crippen molar-refractivity contribution >= 4 is 15.9 Å². The summed E-state index contributed by atoms with van der Waals surface area (Å²) in [6.07, 6.45) is 0.535. The maximum absolute atomic E-state index is 12.3. The van der Waals surface area contributed by atoms with E-state index in [9.17, 15) is 13.2 Å². The van der Waals surface area contributed by atoms with Crippen molar-refractivity contribution in [3.8, 4) is 5.75 Å². The van der Waals surface area contributed by atoms with Crippen LogP contribution >= 0.6 is 0 Å². The van der Waals surface area contributed by atoms with Gasteiger partial charge in [0.05, 0.1) is 12.0 Å². The van der Waals surface area contributed by atoms with E-state index in [0.717, 1.165) is 5.56 Å². The van der Waals surface area contributed by atoms with Gasteiger partial charge in [-0.15, -0.1) is 0 Å². The molecule has 0 heterocycles. The highest BCUT2D eigenvalue weighted by atomic mass is 32.2. The fourth-order valence-electron chi connectivity index (χ4n) is 1.91. The van der Waals surface area contributed by atoms with Gasteiger partial charge in [0, 0.05) is 20.0 Å². The fourth-order valence-corrected chi connectivity index (χ4v) is 3.29. The molecule has 7 heteroatoms. The number of amides is 1. The second-order valence-corrected chi connectivity index (χ2v) is 6.56. The van der Waals surface area contributed by atoms with Crippen molar-refractivity contribution in [2.45, 2.75) is 32.1 Å². The van der Waals surface area contributed by atoms with E-state index >= 15 is 0 Å². The molecule has 1 amide bonds. The number of methoxy groups -OCH3 is 1. The van der Waals surface area contributed by atoms with Crippen LogP contribution in [0.15, 0.2) is 17.0 Å². The molecule has 0 saturated heterocycles. The summed E-state index contributed by atoms with van der Waals surface area (Å²) in [6, 6.07) is 3.31. The molecule has 21 heavy (non-hydrogen) atoms. The minimum atomic E-state index is -3.56. The van der Waals surface area contributed by atoms with Gasteiger partial charge in [-0.05, 0) is 43.5 Å².